The molecule has 2 N–H and O–H groups in total. The Labute approximate surface area is 113 Å². The van der Waals surface area contributed by atoms with Gasteiger partial charge in [0.25, 0.3) is 0 Å². The molecule has 0 bridgehead atoms. The maximum Gasteiger partial charge on any atom is 0.229 e. The highest BCUT2D eigenvalue weighted by Crippen LogP contribution is 2.09. The Kier molecular flexibility index (Phi) is 4.72. The van der Waals surface area contributed by atoms with Gasteiger partial charge in [0.2, 0.25) is 5.91 Å². The van der Waals surface area contributed by atoms with Crippen LogP contribution in [-0.2, 0) is 17.6 Å². The van der Waals surface area contributed by atoms with Crippen molar-refractivity contribution in [3.63, 3.8) is 0 Å². The average molecular weight is 257 g/mol. The van der Waals surface area contributed by atoms with Gasteiger partial charge in [-0.05, 0) is 24.0 Å². The van der Waals surface area contributed by atoms with E-state index in [1.165, 1.54) is 18.4 Å². The van der Waals surface area contributed by atoms with Crippen molar-refractivity contribution in [2.24, 2.45) is 0 Å². The third-order valence-electron chi connectivity index (χ3n) is 2.98. The number of aromatic amines is 1. The lowest BCUT2D eigenvalue weighted by Crippen LogP contribution is -2.14. The predicted octanol–water partition coefficient (Wildman–Crippen LogP) is 2.93. The zero-order chi connectivity index (χ0) is 13.5. The molecule has 0 atom stereocenters. The van der Waals surface area contributed by atoms with E-state index in [0.29, 0.717) is 12.2 Å². The summed E-state index contributed by atoms with van der Waals surface area (Å²) in [4.78, 5) is 11.8. The van der Waals surface area contributed by atoms with Crippen molar-refractivity contribution in [2.45, 2.75) is 32.6 Å². The van der Waals surface area contributed by atoms with E-state index in [1.54, 1.807) is 12.3 Å². The van der Waals surface area contributed by atoms with Gasteiger partial charge in [-0.1, -0.05) is 37.6 Å². The highest BCUT2D eigenvalue weighted by Gasteiger charge is 2.04. The molecule has 0 aliphatic heterocycles. The number of hydrogen-bond acceptors (Lipinski definition) is 2. The smallest absolute Gasteiger partial charge is 0.229 e. The minimum absolute atomic E-state index is 0.0365. The fourth-order valence-electron chi connectivity index (χ4n) is 1.91. The Hall–Kier alpha value is -2.10. The lowest BCUT2D eigenvalue weighted by molar-refractivity contribution is -0.115. The molecule has 0 radical (unpaired) electrons. The Balaban J connectivity index is 1.86. The summed E-state index contributed by atoms with van der Waals surface area (Å²) in [7, 11) is 0. The molecule has 0 aliphatic rings. The lowest BCUT2D eigenvalue weighted by Gasteiger charge is -2.04. The molecule has 0 aliphatic carbocycles. The van der Waals surface area contributed by atoms with Crippen LogP contribution in [0.3, 0.4) is 0 Å². The normalized spacial score (nSPS) is 10.4. The number of benzene rings is 1. The number of carbonyl (C=O) groups is 1. The van der Waals surface area contributed by atoms with Gasteiger partial charge < -0.3 is 5.32 Å². The van der Waals surface area contributed by atoms with E-state index in [-0.39, 0.29) is 5.91 Å². The van der Waals surface area contributed by atoms with Gasteiger partial charge in [0, 0.05) is 6.07 Å². The number of nitrogens with one attached hydrogen (secondary N) is 2. The minimum atomic E-state index is -0.0365. The van der Waals surface area contributed by atoms with E-state index in [1.807, 2.05) is 12.1 Å². The number of hydrogen-bond donors (Lipinski definition) is 2. The standard InChI is InChI=1S/C15H19N3O/c1-2-3-4-12-5-7-13(8-6-12)11-15(19)17-14-9-10-16-18-14/h5-10H,2-4,11H2,1H3,(H2,16,17,18,19). The third kappa shape index (κ3) is 4.25. The first-order chi connectivity index (χ1) is 9.28. The van der Waals surface area contributed by atoms with Gasteiger partial charge >= 0.3 is 0 Å². The molecule has 1 aromatic heterocycles. The summed E-state index contributed by atoms with van der Waals surface area (Å²) in [5.41, 5.74) is 2.36. The molecule has 0 saturated carbocycles. The molecular formula is C15H19N3O. The third-order valence-corrected chi connectivity index (χ3v) is 2.98. The van der Waals surface area contributed by atoms with E-state index in [2.05, 4.69) is 34.6 Å². The van der Waals surface area contributed by atoms with Crippen LogP contribution in [-0.4, -0.2) is 16.1 Å². The summed E-state index contributed by atoms with van der Waals surface area (Å²) in [5, 5.41) is 9.25. The Morgan fingerprint density at radius 1 is 1.21 bits per heavy atom. The Bertz CT molecular complexity index is 503. The summed E-state index contributed by atoms with van der Waals surface area (Å²) in [6.07, 6.45) is 5.51. The fraction of sp³-hybridized carbons (Fsp3) is 0.333. The van der Waals surface area contributed by atoms with Gasteiger partial charge in [-0.2, -0.15) is 5.10 Å². The molecule has 0 fully saturated rings. The summed E-state index contributed by atoms with van der Waals surface area (Å²) < 4.78 is 0. The Morgan fingerprint density at radius 2 is 1.95 bits per heavy atom. The van der Waals surface area contributed by atoms with Crippen LogP contribution in [0.1, 0.15) is 30.9 Å². The number of amides is 1. The molecule has 1 aromatic carbocycles. The number of aromatic nitrogens is 2. The van der Waals surface area contributed by atoms with Crippen molar-refractivity contribution in [3.8, 4) is 0 Å². The maximum atomic E-state index is 11.8. The zero-order valence-corrected chi connectivity index (χ0v) is 11.1. The first kappa shape index (κ1) is 13.3. The molecule has 19 heavy (non-hydrogen) atoms. The van der Waals surface area contributed by atoms with Gasteiger partial charge in [-0.25, -0.2) is 0 Å². The predicted molar refractivity (Wildman–Crippen MR) is 76.0 cm³/mol. The van der Waals surface area contributed by atoms with Crippen molar-refractivity contribution in [2.75, 3.05) is 5.32 Å². The van der Waals surface area contributed by atoms with Crippen LogP contribution >= 0.6 is 0 Å². The van der Waals surface area contributed by atoms with Crippen LogP contribution in [0, 0.1) is 0 Å². The SMILES string of the molecule is CCCCc1ccc(CC(=O)Nc2ccn[nH]2)cc1. The molecule has 0 unspecified atom stereocenters. The fourth-order valence-corrected chi connectivity index (χ4v) is 1.91. The van der Waals surface area contributed by atoms with Gasteiger partial charge in [0.1, 0.15) is 5.82 Å². The van der Waals surface area contributed by atoms with Crippen LogP contribution in [0.4, 0.5) is 5.82 Å². The van der Waals surface area contributed by atoms with Crippen molar-refractivity contribution in [1.29, 1.82) is 0 Å². The summed E-state index contributed by atoms with van der Waals surface area (Å²) in [6, 6.07) is 9.99. The topological polar surface area (TPSA) is 57.8 Å². The van der Waals surface area contributed by atoms with Crippen molar-refractivity contribution >= 4 is 11.7 Å². The van der Waals surface area contributed by atoms with E-state index in [0.717, 1.165) is 12.0 Å². The molecule has 0 saturated heterocycles. The number of nitrogens with zero attached hydrogens (tertiary/aromatic N) is 1. The molecule has 4 heteroatoms. The highest BCUT2D eigenvalue weighted by molar-refractivity contribution is 5.91. The molecule has 100 valence electrons. The van der Waals surface area contributed by atoms with Crippen molar-refractivity contribution in [1.82, 2.24) is 10.2 Å². The van der Waals surface area contributed by atoms with Gasteiger partial charge in [-0.3, -0.25) is 9.89 Å². The molecule has 1 heterocycles. The van der Waals surface area contributed by atoms with Crippen LogP contribution in [0.15, 0.2) is 36.5 Å². The Morgan fingerprint density at radius 3 is 2.58 bits per heavy atom. The molecule has 0 spiro atoms. The monoisotopic (exact) mass is 257 g/mol. The van der Waals surface area contributed by atoms with Crippen LogP contribution in [0.2, 0.25) is 0 Å². The van der Waals surface area contributed by atoms with Crippen LogP contribution < -0.4 is 5.32 Å². The first-order valence-electron chi connectivity index (χ1n) is 6.65. The van der Waals surface area contributed by atoms with Gasteiger partial charge in [0.15, 0.2) is 0 Å². The van der Waals surface area contributed by atoms with E-state index >= 15 is 0 Å². The summed E-state index contributed by atoms with van der Waals surface area (Å²) in [5.74, 6) is 0.593. The maximum absolute atomic E-state index is 11.8. The molecule has 4 nitrogen and oxygen atoms in total. The molecule has 1 amide bonds. The van der Waals surface area contributed by atoms with E-state index < -0.39 is 0 Å². The van der Waals surface area contributed by atoms with E-state index in [9.17, 15) is 4.79 Å². The zero-order valence-electron chi connectivity index (χ0n) is 11.1. The second kappa shape index (κ2) is 6.73. The number of rotatable bonds is 6. The number of aryl methyl sites for hydroxylation is 1. The average Bonchev–Trinajstić information content (AvgIpc) is 2.90. The van der Waals surface area contributed by atoms with Gasteiger partial charge in [-0.15, -0.1) is 0 Å². The summed E-state index contributed by atoms with van der Waals surface area (Å²) >= 11 is 0. The molecule has 2 aromatic rings. The second-order valence-corrected chi connectivity index (χ2v) is 4.62. The number of unbranched alkanes of at least 4 members (excludes halogenated alkanes) is 1. The first-order valence-corrected chi connectivity index (χ1v) is 6.65. The number of anilines is 1. The number of H-pyrrole nitrogens is 1. The second-order valence-electron chi connectivity index (χ2n) is 4.62. The number of carbonyl (C=O) groups excluding carboxylic acids is 1. The van der Waals surface area contributed by atoms with Crippen LogP contribution in [0.5, 0.6) is 0 Å². The lowest BCUT2D eigenvalue weighted by atomic mass is 10.0. The quantitative estimate of drug-likeness (QED) is 0.836. The van der Waals surface area contributed by atoms with Crippen LogP contribution in [0.25, 0.3) is 0 Å². The molecular weight excluding hydrogens is 238 g/mol. The van der Waals surface area contributed by atoms with E-state index in [4.69, 9.17) is 0 Å². The molecule has 2 rings (SSSR count). The van der Waals surface area contributed by atoms with Crippen molar-refractivity contribution < 1.29 is 4.79 Å². The largest absolute Gasteiger partial charge is 0.311 e. The summed E-state index contributed by atoms with van der Waals surface area (Å²) in [6.45, 7) is 2.19. The minimum Gasteiger partial charge on any atom is -0.311 e. The van der Waals surface area contributed by atoms with Gasteiger partial charge in [0.05, 0.1) is 12.6 Å². The van der Waals surface area contributed by atoms with Crippen molar-refractivity contribution in [3.05, 3.63) is 47.7 Å². The highest BCUT2D eigenvalue weighted by atomic mass is 16.1.